The van der Waals surface area contributed by atoms with Crippen LogP contribution in [0.3, 0.4) is 0 Å². The Morgan fingerprint density at radius 3 is 2.27 bits per heavy atom. The third kappa shape index (κ3) is 4.88. The number of rotatable bonds is 4. The van der Waals surface area contributed by atoms with Gasteiger partial charge in [-0.2, -0.15) is 0 Å². The van der Waals surface area contributed by atoms with E-state index in [1.165, 1.54) is 0 Å². The summed E-state index contributed by atoms with van der Waals surface area (Å²) in [5.41, 5.74) is -0.412. The largest absolute Gasteiger partial charge is 0.451 e. The maximum atomic E-state index is 11.8. The fraction of sp³-hybridized carbons (Fsp3) is 0.273. The summed E-state index contributed by atoms with van der Waals surface area (Å²) >= 11 is 22.9. The van der Waals surface area contributed by atoms with Gasteiger partial charge < -0.3 is 9.47 Å². The van der Waals surface area contributed by atoms with E-state index in [9.17, 15) is 14.4 Å². The van der Waals surface area contributed by atoms with Gasteiger partial charge in [0, 0.05) is 0 Å². The van der Waals surface area contributed by atoms with Gasteiger partial charge in [-0.25, -0.2) is 14.6 Å². The van der Waals surface area contributed by atoms with E-state index in [0.717, 1.165) is 0 Å². The van der Waals surface area contributed by atoms with Crippen LogP contribution in [-0.2, 0) is 14.3 Å². The zero-order chi connectivity index (χ0) is 16.9. The first kappa shape index (κ1) is 18.8. The van der Waals surface area contributed by atoms with E-state index >= 15 is 0 Å². The van der Waals surface area contributed by atoms with Crippen LogP contribution in [0.4, 0.5) is 4.79 Å². The Morgan fingerprint density at radius 2 is 1.68 bits per heavy atom. The van der Waals surface area contributed by atoms with Crippen LogP contribution in [0.25, 0.3) is 0 Å². The number of halogens is 4. The van der Waals surface area contributed by atoms with Crippen LogP contribution in [0.1, 0.15) is 17.4 Å². The predicted octanol–water partition coefficient (Wildman–Crippen LogP) is 3.12. The number of hydrogen-bond acceptors (Lipinski definition) is 6. The standard InChI is InChI=1S/C11H8Cl4N2O5/c1-2-21-11(20)16-4(18)3-22-10(19)8-6(13)5(12)7(14)9(15)17-8/h2-3H2,1H3,(H,16,18,20). The van der Waals surface area contributed by atoms with Crippen LogP contribution < -0.4 is 5.32 Å². The summed E-state index contributed by atoms with van der Waals surface area (Å²) < 4.78 is 9.11. The first-order valence-corrected chi connectivity index (χ1v) is 7.12. The summed E-state index contributed by atoms with van der Waals surface area (Å²) in [6.07, 6.45) is -0.961. The van der Waals surface area contributed by atoms with Crippen LogP contribution in [0.15, 0.2) is 0 Å². The number of imide groups is 1. The minimum absolute atomic E-state index is 0.0835. The lowest BCUT2D eigenvalue weighted by atomic mass is 10.3. The topological polar surface area (TPSA) is 94.6 Å². The van der Waals surface area contributed by atoms with Crippen molar-refractivity contribution < 1.29 is 23.9 Å². The average Bonchev–Trinajstić information content (AvgIpc) is 2.46. The van der Waals surface area contributed by atoms with Crippen LogP contribution >= 0.6 is 46.4 Å². The number of amides is 2. The number of carbonyl (C=O) groups excluding carboxylic acids is 3. The van der Waals surface area contributed by atoms with Gasteiger partial charge in [-0.3, -0.25) is 10.1 Å². The lowest BCUT2D eigenvalue weighted by molar-refractivity contribution is -0.123. The highest BCUT2D eigenvalue weighted by Crippen LogP contribution is 2.36. The molecule has 0 saturated heterocycles. The van der Waals surface area contributed by atoms with Crippen LogP contribution in [0.2, 0.25) is 20.2 Å². The van der Waals surface area contributed by atoms with Crippen molar-refractivity contribution in [2.45, 2.75) is 6.92 Å². The predicted molar refractivity (Wildman–Crippen MR) is 79.7 cm³/mol. The molecule has 7 nitrogen and oxygen atoms in total. The SMILES string of the molecule is CCOC(=O)NC(=O)COC(=O)c1nc(Cl)c(Cl)c(Cl)c1Cl. The molecule has 120 valence electrons. The van der Waals surface area contributed by atoms with E-state index in [2.05, 4.69) is 14.5 Å². The van der Waals surface area contributed by atoms with Crippen molar-refractivity contribution in [3.05, 3.63) is 25.9 Å². The van der Waals surface area contributed by atoms with E-state index in [0.29, 0.717) is 0 Å². The second-order valence-corrected chi connectivity index (χ2v) is 5.03. The molecule has 0 aromatic carbocycles. The molecule has 2 amide bonds. The smallest absolute Gasteiger partial charge is 0.413 e. The molecule has 0 radical (unpaired) electrons. The number of hydrogen-bond donors (Lipinski definition) is 1. The van der Waals surface area contributed by atoms with Crippen molar-refractivity contribution in [2.24, 2.45) is 0 Å². The number of alkyl carbamates (subject to hydrolysis) is 1. The number of esters is 1. The Kier molecular flexibility index (Phi) is 7.15. The molecule has 0 aliphatic heterocycles. The van der Waals surface area contributed by atoms with Crippen molar-refractivity contribution in [1.82, 2.24) is 10.3 Å². The molecule has 0 saturated carbocycles. The van der Waals surface area contributed by atoms with E-state index in [4.69, 9.17) is 46.4 Å². The molecule has 0 aliphatic carbocycles. The summed E-state index contributed by atoms with van der Waals surface area (Å²) in [5, 5.41) is 1.01. The second-order valence-electron chi connectivity index (χ2n) is 3.54. The molecule has 0 unspecified atom stereocenters. The van der Waals surface area contributed by atoms with Gasteiger partial charge in [-0.1, -0.05) is 46.4 Å². The molecule has 22 heavy (non-hydrogen) atoms. The molecule has 0 aliphatic rings. The van der Waals surface area contributed by atoms with Gasteiger partial charge in [-0.15, -0.1) is 0 Å². The van der Waals surface area contributed by atoms with E-state index < -0.39 is 30.3 Å². The molecule has 0 atom stereocenters. The third-order valence-corrected chi connectivity index (χ3v) is 3.71. The molecular weight excluding hydrogens is 382 g/mol. The number of pyridine rings is 1. The summed E-state index contributed by atoms with van der Waals surface area (Å²) in [6.45, 7) is 0.888. The maximum Gasteiger partial charge on any atom is 0.413 e. The van der Waals surface area contributed by atoms with Gasteiger partial charge in [-0.05, 0) is 6.92 Å². The minimum Gasteiger partial charge on any atom is -0.451 e. The lowest BCUT2D eigenvalue weighted by Gasteiger charge is -2.08. The number of ether oxygens (including phenoxy) is 2. The Hall–Kier alpha value is -1.28. The molecule has 1 N–H and O–H groups in total. The number of nitrogens with zero attached hydrogens (tertiary/aromatic N) is 1. The maximum absolute atomic E-state index is 11.8. The summed E-state index contributed by atoms with van der Waals surface area (Å²) in [6, 6.07) is 0. The molecule has 1 heterocycles. The monoisotopic (exact) mass is 388 g/mol. The number of nitrogens with one attached hydrogen (secondary N) is 1. The molecule has 0 fully saturated rings. The Morgan fingerprint density at radius 1 is 1.05 bits per heavy atom. The highest BCUT2D eigenvalue weighted by Gasteiger charge is 2.22. The highest BCUT2D eigenvalue weighted by atomic mass is 35.5. The molecule has 1 aromatic heterocycles. The van der Waals surface area contributed by atoms with Crippen molar-refractivity contribution in [2.75, 3.05) is 13.2 Å². The molecule has 11 heteroatoms. The fourth-order valence-electron chi connectivity index (χ4n) is 1.14. The van der Waals surface area contributed by atoms with Crippen molar-refractivity contribution in [3.63, 3.8) is 0 Å². The molecular formula is C11H8Cl4N2O5. The Bertz CT molecular complexity index is 623. The lowest BCUT2D eigenvalue weighted by Crippen LogP contribution is -2.34. The average molecular weight is 390 g/mol. The van der Waals surface area contributed by atoms with Gasteiger partial charge in [0.25, 0.3) is 5.91 Å². The van der Waals surface area contributed by atoms with Gasteiger partial charge in [0.1, 0.15) is 5.15 Å². The van der Waals surface area contributed by atoms with Gasteiger partial charge in [0.2, 0.25) is 0 Å². The molecule has 0 spiro atoms. The Balaban J connectivity index is 2.71. The fourth-order valence-corrected chi connectivity index (χ4v) is 1.94. The van der Waals surface area contributed by atoms with Gasteiger partial charge >= 0.3 is 12.1 Å². The molecule has 1 rings (SSSR count). The van der Waals surface area contributed by atoms with Gasteiger partial charge in [0.05, 0.1) is 21.7 Å². The second kappa shape index (κ2) is 8.38. The minimum atomic E-state index is -1.07. The van der Waals surface area contributed by atoms with Crippen molar-refractivity contribution in [3.8, 4) is 0 Å². The first-order valence-electron chi connectivity index (χ1n) is 5.61. The van der Waals surface area contributed by atoms with Crippen molar-refractivity contribution in [1.29, 1.82) is 0 Å². The Labute approximate surface area is 144 Å². The van der Waals surface area contributed by atoms with Crippen LogP contribution in [0, 0.1) is 0 Å². The normalized spacial score (nSPS) is 10.0. The van der Waals surface area contributed by atoms with Crippen molar-refractivity contribution >= 4 is 64.4 Å². The summed E-state index contributed by atoms with van der Waals surface area (Å²) in [7, 11) is 0. The van der Waals surface area contributed by atoms with E-state index in [1.807, 2.05) is 5.32 Å². The highest BCUT2D eigenvalue weighted by molar-refractivity contribution is 6.52. The molecule has 1 aromatic rings. The number of aromatic nitrogens is 1. The quantitative estimate of drug-likeness (QED) is 0.627. The summed E-state index contributed by atoms with van der Waals surface area (Å²) in [5.74, 6) is -1.96. The zero-order valence-corrected chi connectivity index (χ0v) is 13.9. The zero-order valence-electron chi connectivity index (χ0n) is 10.9. The van der Waals surface area contributed by atoms with Gasteiger partial charge in [0.15, 0.2) is 12.3 Å². The first-order chi connectivity index (χ1) is 10.3. The van der Waals surface area contributed by atoms with E-state index in [-0.39, 0.29) is 26.8 Å². The third-order valence-electron chi connectivity index (χ3n) is 2.03. The van der Waals surface area contributed by atoms with Crippen LogP contribution in [0.5, 0.6) is 0 Å². The number of carbonyl (C=O) groups is 3. The summed E-state index contributed by atoms with van der Waals surface area (Å²) in [4.78, 5) is 37.7. The molecule has 0 bridgehead atoms. The van der Waals surface area contributed by atoms with E-state index in [1.54, 1.807) is 6.92 Å². The van der Waals surface area contributed by atoms with Crippen LogP contribution in [-0.4, -0.2) is 36.2 Å².